The number of carbonyl (C=O) groups excluding carboxylic acids is 1. The van der Waals surface area contributed by atoms with Crippen molar-refractivity contribution in [2.45, 2.75) is 12.8 Å². The molecule has 4 rings (SSSR count). The van der Waals surface area contributed by atoms with Gasteiger partial charge in [-0.1, -0.05) is 24.3 Å². The number of nitrogens with two attached hydrogens (primary N) is 1. The van der Waals surface area contributed by atoms with Crippen molar-refractivity contribution in [2.24, 2.45) is 5.73 Å². The highest BCUT2D eigenvalue weighted by Gasteiger charge is 2.28. The Bertz CT molecular complexity index is 928. The van der Waals surface area contributed by atoms with Crippen molar-refractivity contribution in [3.8, 4) is 16.9 Å². The number of para-hydroxylation sites is 1. The minimum Gasteiger partial charge on any atom is -0.388 e. The van der Waals surface area contributed by atoms with Crippen LogP contribution in [0.1, 0.15) is 21.6 Å². The molecule has 1 aliphatic carbocycles. The fourth-order valence-corrected chi connectivity index (χ4v) is 3.35. The summed E-state index contributed by atoms with van der Waals surface area (Å²) in [5.74, 6) is -0.478. The molecule has 0 fully saturated rings. The highest BCUT2D eigenvalue weighted by atomic mass is 16.1. The van der Waals surface area contributed by atoms with Crippen molar-refractivity contribution >= 4 is 11.6 Å². The lowest BCUT2D eigenvalue weighted by molar-refractivity contribution is 0.0994. The van der Waals surface area contributed by atoms with E-state index < -0.39 is 5.91 Å². The number of hydrogen-bond acceptors (Lipinski definition) is 3. The summed E-state index contributed by atoms with van der Waals surface area (Å²) in [5, 5.41) is 7.71. The molecular weight excluding hydrogens is 300 g/mol. The number of rotatable bonds is 3. The highest BCUT2D eigenvalue weighted by Crippen LogP contribution is 2.38. The fraction of sp³-hybridized carbons (Fsp3) is 0.158. The summed E-state index contributed by atoms with van der Waals surface area (Å²) in [6.07, 6.45) is 1.65. The third-order valence-electron chi connectivity index (χ3n) is 4.52. The number of fused-ring (bicyclic) bond motifs is 3. The van der Waals surface area contributed by atoms with Gasteiger partial charge in [-0.25, -0.2) is 4.68 Å². The van der Waals surface area contributed by atoms with E-state index in [2.05, 4.69) is 28.6 Å². The molecule has 3 N–H and O–H groups in total. The van der Waals surface area contributed by atoms with Crippen LogP contribution in [0.4, 0.5) is 5.69 Å². The van der Waals surface area contributed by atoms with Gasteiger partial charge >= 0.3 is 0 Å². The van der Waals surface area contributed by atoms with E-state index in [1.165, 1.54) is 5.56 Å². The number of nitrogens with zero attached hydrogens (tertiary/aromatic N) is 2. The van der Waals surface area contributed by atoms with Crippen LogP contribution < -0.4 is 11.1 Å². The van der Waals surface area contributed by atoms with Gasteiger partial charge in [0.2, 0.25) is 0 Å². The van der Waals surface area contributed by atoms with Gasteiger partial charge in [0, 0.05) is 23.9 Å². The van der Waals surface area contributed by atoms with E-state index in [0.717, 1.165) is 41.0 Å². The van der Waals surface area contributed by atoms with Crippen molar-refractivity contribution in [1.29, 1.82) is 0 Å². The SMILES string of the molecule is CNc1ccc2c(c1)-c1c(c(C(N)=O)nn1-c1ccccc1)CC2. The molecule has 0 saturated heterocycles. The van der Waals surface area contributed by atoms with Crippen molar-refractivity contribution in [1.82, 2.24) is 9.78 Å². The number of aromatic nitrogens is 2. The van der Waals surface area contributed by atoms with Crippen LogP contribution >= 0.6 is 0 Å². The van der Waals surface area contributed by atoms with E-state index >= 15 is 0 Å². The number of hydrogen-bond donors (Lipinski definition) is 2. The zero-order valence-corrected chi connectivity index (χ0v) is 13.4. The molecule has 1 aliphatic rings. The van der Waals surface area contributed by atoms with Crippen LogP contribution in [0.2, 0.25) is 0 Å². The van der Waals surface area contributed by atoms with Crippen LogP contribution in [0, 0.1) is 0 Å². The predicted octanol–water partition coefficient (Wildman–Crippen LogP) is 2.78. The molecule has 0 radical (unpaired) electrons. The van der Waals surface area contributed by atoms with E-state index in [1.807, 2.05) is 42.1 Å². The quantitative estimate of drug-likeness (QED) is 0.780. The number of benzene rings is 2. The Hall–Kier alpha value is -3.08. The van der Waals surface area contributed by atoms with Gasteiger partial charge in [-0.3, -0.25) is 4.79 Å². The molecule has 1 amide bonds. The molecule has 0 bridgehead atoms. The highest BCUT2D eigenvalue weighted by molar-refractivity contribution is 5.95. The van der Waals surface area contributed by atoms with Crippen molar-refractivity contribution in [3.63, 3.8) is 0 Å². The van der Waals surface area contributed by atoms with Gasteiger partial charge in [0.05, 0.1) is 11.4 Å². The van der Waals surface area contributed by atoms with Gasteiger partial charge < -0.3 is 11.1 Å². The Morgan fingerprint density at radius 2 is 1.96 bits per heavy atom. The van der Waals surface area contributed by atoms with E-state index in [9.17, 15) is 4.79 Å². The largest absolute Gasteiger partial charge is 0.388 e. The van der Waals surface area contributed by atoms with Crippen LogP contribution in [0.3, 0.4) is 0 Å². The lowest BCUT2D eigenvalue weighted by Gasteiger charge is -2.19. The summed E-state index contributed by atoms with van der Waals surface area (Å²) >= 11 is 0. The first-order valence-corrected chi connectivity index (χ1v) is 7.97. The summed E-state index contributed by atoms with van der Waals surface area (Å²) in [4.78, 5) is 11.9. The van der Waals surface area contributed by atoms with E-state index in [1.54, 1.807) is 0 Å². The lowest BCUT2D eigenvalue weighted by Crippen LogP contribution is -2.15. The second kappa shape index (κ2) is 5.53. The summed E-state index contributed by atoms with van der Waals surface area (Å²) in [7, 11) is 1.90. The average Bonchev–Trinajstić information content (AvgIpc) is 3.02. The lowest BCUT2D eigenvalue weighted by atomic mass is 9.88. The first-order valence-electron chi connectivity index (χ1n) is 7.97. The molecule has 1 heterocycles. The topological polar surface area (TPSA) is 72.9 Å². The summed E-state index contributed by atoms with van der Waals surface area (Å²) in [5.41, 5.74) is 12.2. The number of aryl methyl sites for hydroxylation is 1. The smallest absolute Gasteiger partial charge is 0.269 e. The molecule has 3 aromatic rings. The molecule has 5 nitrogen and oxygen atoms in total. The van der Waals surface area contributed by atoms with Gasteiger partial charge in [0.25, 0.3) is 5.91 Å². The number of anilines is 1. The fourth-order valence-electron chi connectivity index (χ4n) is 3.35. The molecule has 0 spiro atoms. The van der Waals surface area contributed by atoms with E-state index in [0.29, 0.717) is 5.69 Å². The molecule has 0 unspecified atom stereocenters. The Labute approximate surface area is 140 Å². The molecular formula is C19H18N4O. The maximum atomic E-state index is 11.9. The van der Waals surface area contributed by atoms with Crippen molar-refractivity contribution in [3.05, 3.63) is 65.4 Å². The Morgan fingerprint density at radius 1 is 1.17 bits per heavy atom. The minimum absolute atomic E-state index is 0.370. The van der Waals surface area contributed by atoms with Gasteiger partial charge in [-0.05, 0) is 42.7 Å². The van der Waals surface area contributed by atoms with Crippen molar-refractivity contribution in [2.75, 3.05) is 12.4 Å². The third kappa shape index (κ3) is 2.17. The third-order valence-corrected chi connectivity index (χ3v) is 4.52. The molecule has 2 aromatic carbocycles. The maximum Gasteiger partial charge on any atom is 0.269 e. The Balaban J connectivity index is 2.02. The predicted molar refractivity (Wildman–Crippen MR) is 94.5 cm³/mol. The normalized spacial score (nSPS) is 12.4. The standard InChI is InChI=1S/C19H18N4O/c1-21-13-9-7-12-8-10-15-17(19(20)24)22-23(18(15)16(12)11-13)14-5-3-2-4-6-14/h2-7,9,11,21H,8,10H2,1H3,(H2,20,24). The molecule has 0 atom stereocenters. The van der Waals surface area contributed by atoms with E-state index in [-0.39, 0.29) is 0 Å². The number of nitrogens with one attached hydrogen (secondary N) is 1. The number of primary amides is 1. The second-order valence-electron chi connectivity index (χ2n) is 5.91. The molecule has 24 heavy (non-hydrogen) atoms. The Morgan fingerprint density at radius 3 is 2.67 bits per heavy atom. The first kappa shape index (κ1) is 14.5. The summed E-state index contributed by atoms with van der Waals surface area (Å²) in [6, 6.07) is 16.2. The number of amides is 1. The molecule has 0 aliphatic heterocycles. The van der Waals surface area contributed by atoms with Gasteiger partial charge in [0.15, 0.2) is 5.69 Å². The van der Waals surface area contributed by atoms with Crippen LogP contribution in [0.15, 0.2) is 48.5 Å². The van der Waals surface area contributed by atoms with Gasteiger partial charge in [-0.2, -0.15) is 5.10 Å². The second-order valence-corrected chi connectivity index (χ2v) is 5.91. The average molecular weight is 318 g/mol. The zero-order valence-electron chi connectivity index (χ0n) is 13.4. The molecule has 1 aromatic heterocycles. The van der Waals surface area contributed by atoms with E-state index in [4.69, 9.17) is 5.73 Å². The molecule has 0 saturated carbocycles. The summed E-state index contributed by atoms with van der Waals surface area (Å²) < 4.78 is 1.84. The van der Waals surface area contributed by atoms with Crippen LogP contribution in [-0.2, 0) is 12.8 Å². The van der Waals surface area contributed by atoms with Crippen LogP contribution in [-0.4, -0.2) is 22.7 Å². The van der Waals surface area contributed by atoms with Gasteiger partial charge in [-0.15, -0.1) is 0 Å². The van der Waals surface area contributed by atoms with Crippen LogP contribution in [0.25, 0.3) is 16.9 Å². The molecule has 5 heteroatoms. The minimum atomic E-state index is -0.478. The summed E-state index contributed by atoms with van der Waals surface area (Å²) in [6.45, 7) is 0. The molecule has 120 valence electrons. The Kier molecular flexibility index (Phi) is 3.34. The maximum absolute atomic E-state index is 11.9. The monoisotopic (exact) mass is 318 g/mol. The van der Waals surface area contributed by atoms with Gasteiger partial charge in [0.1, 0.15) is 0 Å². The van der Waals surface area contributed by atoms with Crippen LogP contribution in [0.5, 0.6) is 0 Å². The zero-order chi connectivity index (χ0) is 16.7. The first-order chi connectivity index (χ1) is 11.7. The number of carbonyl (C=O) groups is 1. The van der Waals surface area contributed by atoms with Crippen molar-refractivity contribution < 1.29 is 4.79 Å².